The summed E-state index contributed by atoms with van der Waals surface area (Å²) < 4.78 is 26.6. The lowest BCUT2D eigenvalue weighted by Crippen LogP contribution is -2.30. The SMILES string of the molecule is CN(C)S(=O)(=O)c1ccc(C(=O)Nc2cc(C(=O)N3CCCC3)cn(C)c2=O)cc1. The molecule has 0 spiro atoms. The molecule has 0 unspecified atom stereocenters. The number of amides is 2. The number of benzene rings is 1. The molecule has 1 fully saturated rings. The summed E-state index contributed by atoms with van der Waals surface area (Å²) in [5.74, 6) is -0.761. The van der Waals surface area contributed by atoms with Gasteiger partial charge < -0.3 is 14.8 Å². The molecule has 1 aromatic carbocycles. The molecule has 2 heterocycles. The maximum Gasteiger partial charge on any atom is 0.274 e. The standard InChI is InChI=1S/C20H24N4O5S/c1-22(2)30(28,29)16-8-6-14(7-9-16)18(25)21-17-12-15(13-23(3)20(17)27)19(26)24-10-4-5-11-24/h6-9,12-13H,4-5,10-11H2,1-3H3,(H,21,25). The van der Waals surface area contributed by atoms with Crippen molar-refractivity contribution in [3.63, 3.8) is 0 Å². The van der Waals surface area contributed by atoms with Gasteiger partial charge in [0.2, 0.25) is 10.0 Å². The first-order valence-electron chi connectivity index (χ1n) is 9.45. The van der Waals surface area contributed by atoms with Crippen molar-refractivity contribution in [1.29, 1.82) is 0 Å². The van der Waals surface area contributed by atoms with Crippen molar-refractivity contribution in [2.45, 2.75) is 17.7 Å². The van der Waals surface area contributed by atoms with Crippen LogP contribution in [-0.4, -0.2) is 61.2 Å². The molecule has 3 rings (SSSR count). The molecule has 9 nitrogen and oxygen atoms in total. The summed E-state index contributed by atoms with van der Waals surface area (Å²) in [7, 11) is 0.743. The molecule has 2 amide bonds. The minimum absolute atomic E-state index is 0.0162. The molecule has 1 aromatic heterocycles. The number of carbonyl (C=O) groups is 2. The number of anilines is 1. The van der Waals surface area contributed by atoms with Crippen LogP contribution in [0.15, 0.2) is 46.2 Å². The van der Waals surface area contributed by atoms with Crippen molar-refractivity contribution < 1.29 is 18.0 Å². The van der Waals surface area contributed by atoms with Crippen LogP contribution in [0.2, 0.25) is 0 Å². The molecule has 0 saturated carbocycles. The fraction of sp³-hybridized carbons (Fsp3) is 0.350. The van der Waals surface area contributed by atoms with Crippen molar-refractivity contribution in [1.82, 2.24) is 13.8 Å². The van der Waals surface area contributed by atoms with Gasteiger partial charge in [0.15, 0.2) is 0 Å². The Morgan fingerprint density at radius 1 is 1.03 bits per heavy atom. The molecule has 0 bridgehead atoms. The van der Waals surface area contributed by atoms with E-state index in [9.17, 15) is 22.8 Å². The van der Waals surface area contributed by atoms with Gasteiger partial charge in [-0.15, -0.1) is 0 Å². The van der Waals surface area contributed by atoms with Gasteiger partial charge in [0.25, 0.3) is 17.4 Å². The first-order chi connectivity index (χ1) is 14.1. The fourth-order valence-corrected chi connectivity index (χ4v) is 4.11. The van der Waals surface area contributed by atoms with Gasteiger partial charge in [-0.2, -0.15) is 0 Å². The summed E-state index contributed by atoms with van der Waals surface area (Å²) in [5.41, 5.74) is 0.0402. The van der Waals surface area contributed by atoms with E-state index in [1.54, 1.807) is 4.90 Å². The molecule has 1 saturated heterocycles. The van der Waals surface area contributed by atoms with Gasteiger partial charge in [0.05, 0.1) is 10.5 Å². The zero-order valence-electron chi connectivity index (χ0n) is 17.1. The van der Waals surface area contributed by atoms with Gasteiger partial charge in [0, 0.05) is 46.0 Å². The summed E-state index contributed by atoms with van der Waals surface area (Å²) in [6, 6.07) is 6.78. The second-order valence-electron chi connectivity index (χ2n) is 7.32. The van der Waals surface area contributed by atoms with E-state index >= 15 is 0 Å². The summed E-state index contributed by atoms with van der Waals surface area (Å²) in [6.07, 6.45) is 3.35. The van der Waals surface area contributed by atoms with Crippen LogP contribution < -0.4 is 10.9 Å². The molecular formula is C20H24N4O5S. The van der Waals surface area contributed by atoms with Crippen LogP contribution in [0.4, 0.5) is 5.69 Å². The van der Waals surface area contributed by atoms with Gasteiger partial charge in [-0.3, -0.25) is 14.4 Å². The average molecular weight is 433 g/mol. The number of sulfonamides is 1. The summed E-state index contributed by atoms with van der Waals surface area (Å²) in [6.45, 7) is 1.34. The first kappa shape index (κ1) is 21.7. The second-order valence-corrected chi connectivity index (χ2v) is 9.48. The molecule has 0 aliphatic carbocycles. The van der Waals surface area contributed by atoms with Crippen LogP contribution in [0.25, 0.3) is 0 Å². The highest BCUT2D eigenvalue weighted by Crippen LogP contribution is 2.17. The molecule has 10 heteroatoms. The molecule has 1 aliphatic heterocycles. The van der Waals surface area contributed by atoms with E-state index in [1.807, 2.05) is 0 Å². The quantitative estimate of drug-likeness (QED) is 0.762. The topological polar surface area (TPSA) is 109 Å². The Kier molecular flexibility index (Phi) is 6.09. The van der Waals surface area contributed by atoms with Crippen LogP contribution in [-0.2, 0) is 17.1 Å². The number of hydrogen-bond acceptors (Lipinski definition) is 5. The lowest BCUT2D eigenvalue weighted by atomic mass is 10.2. The van der Waals surface area contributed by atoms with Crippen LogP contribution in [0.5, 0.6) is 0 Å². The fourth-order valence-electron chi connectivity index (χ4n) is 3.20. The van der Waals surface area contributed by atoms with Crippen molar-refractivity contribution in [3.8, 4) is 0 Å². The predicted molar refractivity (Wildman–Crippen MR) is 112 cm³/mol. The smallest absolute Gasteiger partial charge is 0.274 e. The van der Waals surface area contributed by atoms with Gasteiger partial charge in [-0.05, 0) is 43.2 Å². The number of pyridine rings is 1. The lowest BCUT2D eigenvalue weighted by molar-refractivity contribution is 0.0791. The Hall–Kier alpha value is -2.98. The molecule has 0 radical (unpaired) electrons. The molecule has 160 valence electrons. The number of hydrogen-bond donors (Lipinski definition) is 1. The number of rotatable bonds is 5. The third-order valence-electron chi connectivity index (χ3n) is 4.97. The van der Waals surface area contributed by atoms with E-state index in [4.69, 9.17) is 0 Å². The number of aromatic nitrogens is 1. The monoisotopic (exact) mass is 432 g/mol. The van der Waals surface area contributed by atoms with Crippen LogP contribution >= 0.6 is 0 Å². The number of likely N-dealkylation sites (tertiary alicyclic amines) is 1. The van der Waals surface area contributed by atoms with E-state index in [2.05, 4.69) is 5.32 Å². The van der Waals surface area contributed by atoms with Gasteiger partial charge >= 0.3 is 0 Å². The molecule has 0 atom stereocenters. The van der Waals surface area contributed by atoms with E-state index in [0.29, 0.717) is 18.7 Å². The molecular weight excluding hydrogens is 408 g/mol. The van der Waals surface area contributed by atoms with Crippen molar-refractivity contribution >= 4 is 27.5 Å². The predicted octanol–water partition coefficient (Wildman–Crippen LogP) is 1.12. The molecule has 1 N–H and O–H groups in total. The van der Waals surface area contributed by atoms with Crippen LogP contribution in [0, 0.1) is 0 Å². The van der Waals surface area contributed by atoms with Crippen molar-refractivity contribution in [2.24, 2.45) is 7.05 Å². The highest BCUT2D eigenvalue weighted by atomic mass is 32.2. The molecule has 30 heavy (non-hydrogen) atoms. The van der Waals surface area contributed by atoms with Crippen molar-refractivity contribution in [2.75, 3.05) is 32.5 Å². The van der Waals surface area contributed by atoms with Crippen LogP contribution in [0.1, 0.15) is 33.6 Å². The zero-order chi connectivity index (χ0) is 22.1. The number of carbonyl (C=O) groups excluding carboxylic acids is 2. The lowest BCUT2D eigenvalue weighted by Gasteiger charge is -2.16. The van der Waals surface area contributed by atoms with Gasteiger partial charge in [0.1, 0.15) is 5.69 Å². The normalized spacial score (nSPS) is 14.2. The molecule has 2 aromatic rings. The Morgan fingerprint density at radius 3 is 2.20 bits per heavy atom. The number of aryl methyl sites for hydroxylation is 1. The first-order valence-corrected chi connectivity index (χ1v) is 10.9. The highest BCUT2D eigenvalue weighted by molar-refractivity contribution is 7.89. The zero-order valence-corrected chi connectivity index (χ0v) is 17.9. The minimum Gasteiger partial charge on any atom is -0.339 e. The van der Waals surface area contributed by atoms with Gasteiger partial charge in [-0.25, -0.2) is 12.7 Å². The third-order valence-corrected chi connectivity index (χ3v) is 6.80. The summed E-state index contributed by atoms with van der Waals surface area (Å²) in [4.78, 5) is 39.4. The largest absolute Gasteiger partial charge is 0.339 e. The Bertz CT molecular complexity index is 1130. The second kappa shape index (κ2) is 8.41. The Balaban J connectivity index is 1.84. The molecule has 1 aliphatic rings. The highest BCUT2D eigenvalue weighted by Gasteiger charge is 2.22. The van der Waals surface area contributed by atoms with Crippen molar-refractivity contribution in [3.05, 3.63) is 58.0 Å². The average Bonchev–Trinajstić information content (AvgIpc) is 3.25. The Morgan fingerprint density at radius 2 is 1.63 bits per heavy atom. The minimum atomic E-state index is -3.61. The summed E-state index contributed by atoms with van der Waals surface area (Å²) >= 11 is 0. The number of nitrogens with one attached hydrogen (secondary N) is 1. The number of nitrogens with zero attached hydrogens (tertiary/aromatic N) is 3. The van der Waals surface area contributed by atoms with E-state index in [0.717, 1.165) is 17.1 Å². The van der Waals surface area contributed by atoms with Gasteiger partial charge in [-0.1, -0.05) is 0 Å². The maximum atomic E-state index is 12.6. The summed E-state index contributed by atoms with van der Waals surface area (Å²) in [5, 5.41) is 2.53. The van der Waals surface area contributed by atoms with E-state index in [1.165, 1.54) is 62.2 Å². The van der Waals surface area contributed by atoms with E-state index in [-0.39, 0.29) is 22.1 Å². The third kappa shape index (κ3) is 4.29. The van der Waals surface area contributed by atoms with E-state index < -0.39 is 21.5 Å². The maximum absolute atomic E-state index is 12.6. The Labute approximate surface area is 175 Å². The van der Waals surface area contributed by atoms with Crippen LogP contribution in [0.3, 0.4) is 0 Å².